The van der Waals surface area contributed by atoms with Crippen molar-refractivity contribution in [3.8, 4) is 11.4 Å². The molecular formula is C21H22F6N4O3S. The zero-order valence-electron chi connectivity index (χ0n) is 19.3. The predicted octanol–water partition coefficient (Wildman–Crippen LogP) is 5.28. The van der Waals surface area contributed by atoms with Gasteiger partial charge in [-0.1, -0.05) is 20.8 Å². The van der Waals surface area contributed by atoms with Crippen molar-refractivity contribution in [3.05, 3.63) is 35.7 Å². The van der Waals surface area contributed by atoms with Crippen LogP contribution in [0.4, 0.5) is 32.0 Å². The van der Waals surface area contributed by atoms with Gasteiger partial charge in [-0.25, -0.2) is 18.4 Å². The summed E-state index contributed by atoms with van der Waals surface area (Å²) in [6, 6.07) is 2.79. The lowest BCUT2D eigenvalue weighted by Gasteiger charge is -2.16. The molecule has 1 N–H and O–H groups in total. The fourth-order valence-corrected chi connectivity index (χ4v) is 4.18. The van der Waals surface area contributed by atoms with Crippen LogP contribution < -0.4 is 5.32 Å². The number of hydrogen-bond acceptors (Lipinski definition) is 5. The molecule has 2 aromatic heterocycles. The molecule has 1 amide bonds. The Morgan fingerprint density at radius 2 is 1.69 bits per heavy atom. The Bertz CT molecular complexity index is 1360. The highest BCUT2D eigenvalue weighted by Gasteiger charge is 2.39. The third-order valence-electron chi connectivity index (χ3n) is 4.85. The largest absolute Gasteiger partial charge is 0.471 e. The molecule has 3 aromatic rings. The Hall–Kier alpha value is -3.16. The van der Waals surface area contributed by atoms with E-state index in [9.17, 15) is 39.6 Å². The maximum atomic E-state index is 13.0. The number of halogens is 6. The summed E-state index contributed by atoms with van der Waals surface area (Å²) in [4.78, 5) is 18.4. The van der Waals surface area contributed by atoms with Crippen LogP contribution in [0.3, 0.4) is 0 Å². The lowest BCUT2D eigenvalue weighted by atomic mass is 10.1. The van der Waals surface area contributed by atoms with Crippen LogP contribution in [0.1, 0.15) is 32.0 Å². The molecule has 0 aliphatic rings. The molecule has 0 saturated carbocycles. The highest BCUT2D eigenvalue weighted by Crippen LogP contribution is 2.36. The molecule has 0 fully saturated rings. The first-order valence-corrected chi connectivity index (χ1v) is 11.9. The van der Waals surface area contributed by atoms with Gasteiger partial charge in [0.05, 0.1) is 27.9 Å². The summed E-state index contributed by atoms with van der Waals surface area (Å²) >= 11 is 0. The first-order valence-electron chi connectivity index (χ1n) is 10.2. The number of alkyl halides is 6. The number of nitrogens with one attached hydrogen (secondary N) is 1. The Balaban J connectivity index is 0.00000210. The van der Waals surface area contributed by atoms with E-state index in [2.05, 4.69) is 9.97 Å². The van der Waals surface area contributed by atoms with Crippen LogP contribution in [0.15, 0.2) is 29.3 Å². The lowest BCUT2D eigenvalue weighted by Crippen LogP contribution is -2.30. The van der Waals surface area contributed by atoms with E-state index in [0.29, 0.717) is 6.07 Å². The van der Waals surface area contributed by atoms with Gasteiger partial charge in [0.2, 0.25) is 0 Å². The fraction of sp³-hybridized carbons (Fsp3) is 0.381. The molecule has 35 heavy (non-hydrogen) atoms. The van der Waals surface area contributed by atoms with Crippen molar-refractivity contribution >= 4 is 32.5 Å². The van der Waals surface area contributed by atoms with Crippen LogP contribution in [0.25, 0.3) is 22.4 Å². The van der Waals surface area contributed by atoms with Crippen molar-refractivity contribution in [2.45, 2.75) is 44.9 Å². The van der Waals surface area contributed by atoms with Crippen LogP contribution in [-0.2, 0) is 27.9 Å². The highest BCUT2D eigenvalue weighted by molar-refractivity contribution is 7.91. The highest BCUT2D eigenvalue weighted by atomic mass is 32.2. The summed E-state index contributed by atoms with van der Waals surface area (Å²) in [6.45, 7) is 6.64. The van der Waals surface area contributed by atoms with Gasteiger partial charge >= 0.3 is 18.3 Å². The average Bonchev–Trinajstić information content (AvgIpc) is 3.10. The minimum atomic E-state index is -5.20. The van der Waals surface area contributed by atoms with Crippen LogP contribution in [0.2, 0.25) is 0 Å². The maximum absolute atomic E-state index is 13.0. The van der Waals surface area contributed by atoms with E-state index in [1.807, 2.05) is 13.8 Å². The normalized spacial score (nSPS) is 12.3. The van der Waals surface area contributed by atoms with E-state index in [0.717, 1.165) is 12.3 Å². The van der Waals surface area contributed by atoms with E-state index >= 15 is 0 Å². The number of fused-ring (bicyclic) bond motifs is 1. The van der Waals surface area contributed by atoms with E-state index < -0.39 is 44.4 Å². The van der Waals surface area contributed by atoms with Gasteiger partial charge in [-0.15, -0.1) is 0 Å². The zero-order valence-corrected chi connectivity index (χ0v) is 20.1. The Labute approximate surface area is 197 Å². The van der Waals surface area contributed by atoms with Crippen LogP contribution >= 0.6 is 0 Å². The summed E-state index contributed by atoms with van der Waals surface area (Å²) in [6.07, 6.45) is -8.99. The summed E-state index contributed by atoms with van der Waals surface area (Å²) in [5.41, 5.74) is -1.48. The molecule has 14 heteroatoms. The number of pyridine rings is 1. The third-order valence-corrected chi connectivity index (χ3v) is 6.61. The van der Waals surface area contributed by atoms with Crippen molar-refractivity contribution in [3.63, 3.8) is 0 Å². The van der Waals surface area contributed by atoms with Gasteiger partial charge in [0.1, 0.15) is 11.5 Å². The molecule has 0 spiro atoms. The van der Waals surface area contributed by atoms with Crippen LogP contribution in [0, 0.1) is 6.92 Å². The topological polar surface area (TPSA) is 93.9 Å². The first kappa shape index (κ1) is 28.1. The SMILES string of the molecule is CC.CCS(=O)(=O)c1cc(NC(=O)C(F)(F)F)c(C)cc1-c1nc2cc(C(F)(F)F)ncc2n1C. The number of aryl methyl sites for hydroxylation is 2. The quantitative estimate of drug-likeness (QED) is 0.469. The van der Waals surface area contributed by atoms with Gasteiger partial charge in [0.25, 0.3) is 0 Å². The number of anilines is 1. The molecule has 3 rings (SSSR count). The van der Waals surface area contributed by atoms with Gasteiger partial charge < -0.3 is 9.88 Å². The summed E-state index contributed by atoms with van der Waals surface area (Å²) in [5, 5.41) is 1.64. The Morgan fingerprint density at radius 3 is 2.20 bits per heavy atom. The fourth-order valence-electron chi connectivity index (χ4n) is 3.09. The smallest absolute Gasteiger partial charge is 0.326 e. The van der Waals surface area contributed by atoms with Crippen LogP contribution in [-0.4, -0.2) is 40.8 Å². The van der Waals surface area contributed by atoms with Gasteiger partial charge in [0, 0.05) is 18.3 Å². The number of benzene rings is 1. The first-order chi connectivity index (χ1) is 16.1. The van der Waals surface area contributed by atoms with Crippen molar-refractivity contribution < 1.29 is 39.6 Å². The summed E-state index contributed by atoms with van der Waals surface area (Å²) in [5.74, 6) is -2.76. The maximum Gasteiger partial charge on any atom is 0.471 e. The summed E-state index contributed by atoms with van der Waals surface area (Å²) in [7, 11) is -2.63. The second kappa shape index (κ2) is 9.84. The molecule has 192 valence electrons. The zero-order chi connectivity index (χ0) is 26.9. The van der Waals surface area contributed by atoms with E-state index in [-0.39, 0.29) is 33.7 Å². The Morgan fingerprint density at radius 1 is 1.09 bits per heavy atom. The standard InChI is InChI=1S/C19H16F6N4O3S.C2H6/c1-4-33(31,32)14-6-11(28-17(30)19(23,24)25)9(2)5-10(14)16-27-12-7-15(18(20,21)22)26-8-13(12)29(16)3;1-2/h5-8H,4H2,1-3H3,(H,28,30);1-2H3. The number of sulfone groups is 1. The average molecular weight is 524 g/mol. The molecular weight excluding hydrogens is 502 g/mol. The van der Waals surface area contributed by atoms with Gasteiger partial charge in [-0.2, -0.15) is 26.3 Å². The molecule has 0 bridgehead atoms. The molecule has 0 unspecified atom stereocenters. The Kier molecular flexibility index (Phi) is 7.89. The lowest BCUT2D eigenvalue weighted by molar-refractivity contribution is -0.167. The predicted molar refractivity (Wildman–Crippen MR) is 117 cm³/mol. The number of hydrogen-bond donors (Lipinski definition) is 1. The number of carbonyl (C=O) groups excluding carboxylic acids is 1. The second-order valence-electron chi connectivity index (χ2n) is 7.07. The number of carbonyl (C=O) groups is 1. The van der Waals surface area contributed by atoms with Gasteiger partial charge in [-0.3, -0.25) is 4.79 Å². The number of rotatable bonds is 4. The summed E-state index contributed by atoms with van der Waals surface area (Å²) < 4.78 is 104. The van der Waals surface area contributed by atoms with E-state index in [1.54, 1.807) is 5.32 Å². The van der Waals surface area contributed by atoms with Crippen molar-refractivity contribution in [2.75, 3.05) is 11.1 Å². The molecule has 0 radical (unpaired) electrons. The van der Waals surface area contributed by atoms with Crippen LogP contribution in [0.5, 0.6) is 0 Å². The minimum absolute atomic E-state index is 0.0463. The number of nitrogens with zero attached hydrogens (tertiary/aromatic N) is 3. The van der Waals surface area contributed by atoms with Gasteiger partial charge in [0.15, 0.2) is 9.84 Å². The van der Waals surface area contributed by atoms with Gasteiger partial charge in [-0.05, 0) is 30.7 Å². The molecule has 0 aliphatic carbocycles. The minimum Gasteiger partial charge on any atom is -0.326 e. The monoisotopic (exact) mass is 524 g/mol. The van der Waals surface area contributed by atoms with Crippen molar-refractivity contribution in [2.24, 2.45) is 7.05 Å². The molecule has 1 aromatic carbocycles. The van der Waals surface area contributed by atoms with Crippen molar-refractivity contribution in [1.82, 2.24) is 14.5 Å². The molecule has 2 heterocycles. The van der Waals surface area contributed by atoms with E-state index in [1.165, 1.54) is 31.5 Å². The van der Waals surface area contributed by atoms with E-state index in [4.69, 9.17) is 0 Å². The molecule has 0 atom stereocenters. The molecule has 0 aliphatic heterocycles. The third kappa shape index (κ3) is 5.74. The number of imidazole rings is 1. The molecule has 0 saturated heterocycles. The second-order valence-corrected chi connectivity index (χ2v) is 9.32. The number of amides is 1. The number of aromatic nitrogens is 3. The molecule has 7 nitrogen and oxygen atoms in total. The van der Waals surface area contributed by atoms with Crippen molar-refractivity contribution in [1.29, 1.82) is 0 Å².